The van der Waals surface area contributed by atoms with E-state index in [-0.39, 0.29) is 16.1 Å². The average molecular weight is 465 g/mol. The summed E-state index contributed by atoms with van der Waals surface area (Å²) in [6, 6.07) is 16.4. The largest absolute Gasteiger partial charge is 0.492 e. The van der Waals surface area contributed by atoms with E-state index in [2.05, 4.69) is 5.32 Å². The normalized spacial score (nSPS) is 15.9. The van der Waals surface area contributed by atoms with Crippen molar-refractivity contribution in [3.8, 4) is 5.75 Å². The van der Waals surface area contributed by atoms with E-state index in [1.165, 1.54) is 9.87 Å². The molecule has 2 aromatic rings. The SMILES string of the molecule is C[C@H](SCc1ccccc1)C(=O)NCCOc1ccc(S(=O)(=O)N2CCOCC2)cc1. The van der Waals surface area contributed by atoms with Gasteiger partial charge in [0.1, 0.15) is 12.4 Å². The third-order valence-electron chi connectivity index (χ3n) is 4.81. The van der Waals surface area contributed by atoms with Crippen molar-refractivity contribution in [2.45, 2.75) is 22.8 Å². The molecule has 0 unspecified atom stereocenters. The van der Waals surface area contributed by atoms with E-state index in [9.17, 15) is 13.2 Å². The molecule has 0 aromatic heterocycles. The first-order chi connectivity index (χ1) is 15.0. The Morgan fingerprint density at radius 1 is 1.13 bits per heavy atom. The standard InChI is InChI=1S/C22H28N2O5S2/c1-18(30-17-19-5-3-2-4-6-19)22(25)23-11-14-29-20-7-9-21(10-8-20)31(26,27)24-12-15-28-16-13-24/h2-10,18H,11-17H2,1H3,(H,23,25)/t18-/m0/s1. The van der Waals surface area contributed by atoms with Crippen LogP contribution in [0.1, 0.15) is 12.5 Å². The highest BCUT2D eigenvalue weighted by Crippen LogP contribution is 2.20. The molecule has 1 aliphatic heterocycles. The molecule has 0 aliphatic carbocycles. The van der Waals surface area contributed by atoms with Crippen molar-refractivity contribution >= 4 is 27.7 Å². The molecule has 0 bridgehead atoms. The van der Waals surface area contributed by atoms with Crippen molar-refractivity contribution in [2.75, 3.05) is 39.5 Å². The summed E-state index contributed by atoms with van der Waals surface area (Å²) in [6.45, 7) is 4.12. The first-order valence-electron chi connectivity index (χ1n) is 10.2. The summed E-state index contributed by atoms with van der Waals surface area (Å²) in [7, 11) is -3.51. The van der Waals surface area contributed by atoms with Crippen molar-refractivity contribution in [1.82, 2.24) is 9.62 Å². The molecule has 0 saturated carbocycles. The molecule has 1 heterocycles. The van der Waals surface area contributed by atoms with Gasteiger partial charge in [0.15, 0.2) is 0 Å². The zero-order valence-corrected chi connectivity index (χ0v) is 19.2. The molecule has 1 atom stereocenters. The van der Waals surface area contributed by atoms with Gasteiger partial charge in [0.25, 0.3) is 0 Å². The van der Waals surface area contributed by atoms with E-state index < -0.39 is 10.0 Å². The van der Waals surface area contributed by atoms with Crippen LogP contribution in [-0.2, 0) is 25.3 Å². The quantitative estimate of drug-likeness (QED) is 0.544. The molecule has 2 aromatic carbocycles. The van der Waals surface area contributed by atoms with Crippen molar-refractivity contribution < 1.29 is 22.7 Å². The number of rotatable bonds is 10. The number of hydrogen-bond acceptors (Lipinski definition) is 6. The summed E-state index contributed by atoms with van der Waals surface area (Å²) in [5.74, 6) is 1.31. The number of carbonyl (C=O) groups excluding carboxylic acids is 1. The van der Waals surface area contributed by atoms with E-state index in [0.29, 0.717) is 45.2 Å². The molecule has 7 nitrogen and oxygen atoms in total. The van der Waals surface area contributed by atoms with Crippen LogP contribution in [-0.4, -0.2) is 63.3 Å². The highest BCUT2D eigenvalue weighted by Gasteiger charge is 2.26. The predicted octanol–water partition coefficient (Wildman–Crippen LogP) is 2.52. The summed E-state index contributed by atoms with van der Waals surface area (Å²) in [5.41, 5.74) is 1.19. The number of thioether (sulfide) groups is 1. The van der Waals surface area contributed by atoms with Crippen LogP contribution in [0.3, 0.4) is 0 Å². The van der Waals surface area contributed by atoms with Gasteiger partial charge in [0.05, 0.1) is 29.9 Å². The van der Waals surface area contributed by atoms with Gasteiger partial charge >= 0.3 is 0 Å². The molecule has 0 radical (unpaired) electrons. The van der Waals surface area contributed by atoms with Crippen LogP contribution in [0.25, 0.3) is 0 Å². The zero-order chi connectivity index (χ0) is 22.1. The smallest absolute Gasteiger partial charge is 0.243 e. The van der Waals surface area contributed by atoms with Crippen molar-refractivity contribution in [3.05, 3.63) is 60.2 Å². The van der Waals surface area contributed by atoms with Gasteiger partial charge in [-0.2, -0.15) is 4.31 Å². The van der Waals surface area contributed by atoms with Crippen LogP contribution in [0.4, 0.5) is 0 Å². The van der Waals surface area contributed by atoms with Crippen LogP contribution in [0, 0.1) is 0 Å². The van der Waals surface area contributed by atoms with Crippen molar-refractivity contribution in [1.29, 1.82) is 0 Å². The first kappa shape index (κ1) is 23.6. The summed E-state index contributed by atoms with van der Waals surface area (Å²) < 4.78 is 37.5. The van der Waals surface area contributed by atoms with Gasteiger partial charge in [-0.05, 0) is 36.8 Å². The topological polar surface area (TPSA) is 84.9 Å². The lowest BCUT2D eigenvalue weighted by Crippen LogP contribution is -2.40. The summed E-state index contributed by atoms with van der Waals surface area (Å²) >= 11 is 1.59. The lowest BCUT2D eigenvalue weighted by molar-refractivity contribution is -0.120. The molecule has 0 spiro atoms. The van der Waals surface area contributed by atoms with Gasteiger partial charge in [-0.15, -0.1) is 11.8 Å². The number of ether oxygens (including phenoxy) is 2. The highest BCUT2D eigenvalue weighted by atomic mass is 32.2. The van der Waals surface area contributed by atoms with Crippen LogP contribution < -0.4 is 10.1 Å². The molecular weight excluding hydrogens is 436 g/mol. The number of hydrogen-bond donors (Lipinski definition) is 1. The minimum absolute atomic E-state index is 0.0310. The Balaban J connectivity index is 1.39. The van der Waals surface area contributed by atoms with Gasteiger partial charge in [-0.1, -0.05) is 30.3 Å². The van der Waals surface area contributed by atoms with Crippen LogP contribution in [0.2, 0.25) is 0 Å². The molecule has 1 aliphatic rings. The van der Waals surface area contributed by atoms with E-state index >= 15 is 0 Å². The molecule has 1 fully saturated rings. The predicted molar refractivity (Wildman–Crippen MR) is 122 cm³/mol. The van der Waals surface area contributed by atoms with Crippen molar-refractivity contribution in [2.24, 2.45) is 0 Å². The Kier molecular flexibility index (Phi) is 8.77. The number of carbonyl (C=O) groups is 1. The second-order valence-electron chi connectivity index (χ2n) is 7.07. The molecule has 1 amide bonds. The third-order valence-corrected chi connectivity index (χ3v) is 7.94. The summed E-state index contributed by atoms with van der Waals surface area (Å²) in [4.78, 5) is 12.4. The highest BCUT2D eigenvalue weighted by molar-refractivity contribution is 7.99. The first-order valence-corrected chi connectivity index (χ1v) is 12.7. The Morgan fingerprint density at radius 2 is 1.81 bits per heavy atom. The van der Waals surface area contributed by atoms with Crippen LogP contribution >= 0.6 is 11.8 Å². The van der Waals surface area contributed by atoms with Crippen LogP contribution in [0.15, 0.2) is 59.5 Å². The Morgan fingerprint density at radius 3 is 2.48 bits per heavy atom. The fourth-order valence-electron chi connectivity index (χ4n) is 3.00. The van der Waals surface area contributed by atoms with E-state index in [0.717, 1.165) is 5.75 Å². The summed E-state index contributed by atoms with van der Waals surface area (Å²) in [5, 5.41) is 2.71. The number of nitrogens with zero attached hydrogens (tertiary/aromatic N) is 1. The van der Waals surface area contributed by atoms with Gasteiger partial charge in [0.2, 0.25) is 15.9 Å². The second-order valence-corrected chi connectivity index (χ2v) is 10.3. The minimum atomic E-state index is -3.51. The van der Waals surface area contributed by atoms with Crippen molar-refractivity contribution in [3.63, 3.8) is 0 Å². The maximum atomic E-state index is 12.6. The lowest BCUT2D eigenvalue weighted by atomic mass is 10.2. The number of amides is 1. The molecule has 3 rings (SSSR count). The van der Waals surface area contributed by atoms with E-state index in [4.69, 9.17) is 9.47 Å². The Labute approximate surface area is 188 Å². The molecule has 168 valence electrons. The Hall–Kier alpha value is -2.07. The van der Waals surface area contributed by atoms with E-state index in [1.54, 1.807) is 36.0 Å². The molecule has 9 heteroatoms. The van der Waals surface area contributed by atoms with Crippen LogP contribution in [0.5, 0.6) is 5.75 Å². The maximum Gasteiger partial charge on any atom is 0.243 e. The van der Waals surface area contributed by atoms with Gasteiger partial charge in [-0.25, -0.2) is 8.42 Å². The monoisotopic (exact) mass is 464 g/mol. The fourth-order valence-corrected chi connectivity index (χ4v) is 5.28. The molecule has 1 N–H and O–H groups in total. The molecule has 1 saturated heterocycles. The zero-order valence-electron chi connectivity index (χ0n) is 17.5. The fraction of sp³-hybridized carbons (Fsp3) is 0.409. The third kappa shape index (κ3) is 6.96. The number of benzene rings is 2. The minimum Gasteiger partial charge on any atom is -0.492 e. The Bertz CT molecular complexity index is 930. The maximum absolute atomic E-state index is 12.6. The van der Waals surface area contributed by atoms with E-state index in [1.807, 2.05) is 37.3 Å². The molecule has 31 heavy (non-hydrogen) atoms. The summed E-state index contributed by atoms with van der Waals surface area (Å²) in [6.07, 6.45) is 0. The lowest BCUT2D eigenvalue weighted by Gasteiger charge is -2.26. The average Bonchev–Trinajstić information content (AvgIpc) is 2.81. The number of sulfonamides is 1. The number of nitrogens with one attached hydrogen (secondary N) is 1. The van der Waals surface area contributed by atoms with Gasteiger partial charge in [0, 0.05) is 18.8 Å². The van der Waals surface area contributed by atoms with Gasteiger partial charge < -0.3 is 14.8 Å². The van der Waals surface area contributed by atoms with Gasteiger partial charge in [-0.3, -0.25) is 4.79 Å². The second kappa shape index (κ2) is 11.5. The molecular formula is C22H28N2O5S2. The number of morpholine rings is 1.